The molecule has 0 radical (unpaired) electrons. The molecule has 1 heteroatoms. The van der Waals surface area contributed by atoms with Gasteiger partial charge in [-0.2, -0.15) is 0 Å². The fraction of sp³-hybridized carbons (Fsp3) is 0. The standard InChI is InChI=1S/C36H21Cl/c37-24-18-19-25-30(20-24)28-16-9-17-29-35(28)31(25)21-32-33(22-10-3-1-4-11-22)26-14-7-8-15-27(26)34(36(29)32)23-12-5-2-6-13-23/h1-21H. The van der Waals surface area contributed by atoms with Crippen molar-refractivity contribution in [2.24, 2.45) is 0 Å². The van der Waals surface area contributed by atoms with E-state index in [9.17, 15) is 0 Å². The van der Waals surface area contributed by atoms with E-state index in [1.54, 1.807) is 0 Å². The van der Waals surface area contributed by atoms with Gasteiger partial charge < -0.3 is 0 Å². The Morgan fingerprint density at radius 1 is 0.351 bits per heavy atom. The summed E-state index contributed by atoms with van der Waals surface area (Å²) in [5.74, 6) is 0. The second-order valence-electron chi connectivity index (χ2n) is 9.79. The minimum absolute atomic E-state index is 0.772. The Bertz CT molecular complexity index is 2020. The first kappa shape index (κ1) is 20.8. The van der Waals surface area contributed by atoms with Crippen LogP contribution in [0.1, 0.15) is 0 Å². The zero-order chi connectivity index (χ0) is 24.5. The Morgan fingerprint density at radius 3 is 1.70 bits per heavy atom. The summed E-state index contributed by atoms with van der Waals surface area (Å²) in [4.78, 5) is 0. The van der Waals surface area contributed by atoms with Crippen LogP contribution in [0.3, 0.4) is 0 Å². The summed E-state index contributed by atoms with van der Waals surface area (Å²) in [5, 5.41) is 8.53. The smallest absolute Gasteiger partial charge is 0.0412 e. The predicted octanol–water partition coefficient (Wildman–Crippen LogP) is 10.8. The largest absolute Gasteiger partial charge is 0.0843 e. The van der Waals surface area contributed by atoms with Gasteiger partial charge in [0.05, 0.1) is 0 Å². The van der Waals surface area contributed by atoms with Gasteiger partial charge in [-0.3, -0.25) is 0 Å². The van der Waals surface area contributed by atoms with Gasteiger partial charge in [0.1, 0.15) is 0 Å². The average Bonchev–Trinajstić information content (AvgIpc) is 3.26. The van der Waals surface area contributed by atoms with Crippen molar-refractivity contribution in [3.63, 3.8) is 0 Å². The second kappa shape index (κ2) is 7.80. The average molecular weight is 489 g/mol. The quantitative estimate of drug-likeness (QED) is 0.167. The molecule has 0 nitrogen and oxygen atoms in total. The normalized spacial score (nSPS) is 11.9. The van der Waals surface area contributed by atoms with Crippen LogP contribution < -0.4 is 0 Å². The maximum absolute atomic E-state index is 6.49. The third-order valence-corrected chi connectivity index (χ3v) is 8.07. The van der Waals surface area contributed by atoms with Crippen molar-refractivity contribution < 1.29 is 0 Å². The molecule has 172 valence electrons. The Kier molecular flexibility index (Phi) is 4.38. The van der Waals surface area contributed by atoms with E-state index in [0.29, 0.717) is 0 Å². The summed E-state index contributed by atoms with van der Waals surface area (Å²) in [6.45, 7) is 0. The van der Waals surface area contributed by atoms with Crippen molar-refractivity contribution in [2.75, 3.05) is 0 Å². The molecule has 0 atom stereocenters. The van der Waals surface area contributed by atoms with Crippen molar-refractivity contribution >= 4 is 43.9 Å². The monoisotopic (exact) mass is 488 g/mol. The van der Waals surface area contributed by atoms with Crippen LogP contribution in [-0.4, -0.2) is 0 Å². The van der Waals surface area contributed by atoms with Gasteiger partial charge in [-0.15, -0.1) is 0 Å². The molecule has 0 spiro atoms. The van der Waals surface area contributed by atoms with Crippen LogP contribution in [0.2, 0.25) is 5.02 Å². The zero-order valence-corrected chi connectivity index (χ0v) is 20.8. The molecule has 0 saturated heterocycles. The lowest BCUT2D eigenvalue weighted by Gasteiger charge is -2.20. The molecule has 7 aromatic carbocycles. The highest BCUT2D eigenvalue weighted by atomic mass is 35.5. The van der Waals surface area contributed by atoms with E-state index < -0.39 is 0 Å². The van der Waals surface area contributed by atoms with Crippen molar-refractivity contribution in [1.82, 2.24) is 0 Å². The molecular formula is C36H21Cl. The van der Waals surface area contributed by atoms with Crippen molar-refractivity contribution in [3.8, 4) is 44.5 Å². The Labute approximate surface area is 220 Å². The molecule has 7 aromatic rings. The number of benzene rings is 7. The number of hydrogen-bond acceptors (Lipinski definition) is 0. The van der Waals surface area contributed by atoms with Crippen LogP contribution in [0.25, 0.3) is 76.8 Å². The lowest BCUT2D eigenvalue weighted by atomic mass is 9.83. The maximum atomic E-state index is 6.49. The molecule has 1 aliphatic carbocycles. The topological polar surface area (TPSA) is 0 Å². The molecule has 37 heavy (non-hydrogen) atoms. The highest BCUT2D eigenvalue weighted by Gasteiger charge is 2.26. The summed E-state index contributed by atoms with van der Waals surface area (Å²) < 4.78 is 0. The van der Waals surface area contributed by atoms with Crippen molar-refractivity contribution in [2.45, 2.75) is 0 Å². The van der Waals surface area contributed by atoms with E-state index in [0.717, 1.165) is 5.02 Å². The number of rotatable bonds is 2. The first-order valence-corrected chi connectivity index (χ1v) is 13.0. The fourth-order valence-electron chi connectivity index (χ4n) is 6.38. The first-order chi connectivity index (χ1) is 18.3. The van der Waals surface area contributed by atoms with Gasteiger partial charge >= 0.3 is 0 Å². The zero-order valence-electron chi connectivity index (χ0n) is 20.0. The highest BCUT2D eigenvalue weighted by Crippen LogP contribution is 2.54. The Hall–Kier alpha value is -4.39. The SMILES string of the molecule is Clc1ccc2c(c1)-c1cccc3c1c-2cc1c(-c2ccccc2)c2ccccc2c(-c2ccccc2)c13. The molecule has 0 aliphatic heterocycles. The molecule has 0 saturated carbocycles. The summed E-state index contributed by atoms with van der Waals surface area (Å²) in [6.07, 6.45) is 0. The molecule has 0 fully saturated rings. The van der Waals surface area contributed by atoms with Crippen molar-refractivity contribution in [1.29, 1.82) is 0 Å². The van der Waals surface area contributed by atoms with Crippen molar-refractivity contribution in [3.05, 3.63) is 132 Å². The molecule has 0 aromatic heterocycles. The van der Waals surface area contributed by atoms with E-state index in [1.165, 1.54) is 76.8 Å². The van der Waals surface area contributed by atoms with Crippen LogP contribution >= 0.6 is 11.6 Å². The Balaban J connectivity index is 1.68. The lowest BCUT2D eigenvalue weighted by Crippen LogP contribution is -1.92. The second-order valence-corrected chi connectivity index (χ2v) is 10.2. The third kappa shape index (κ3) is 2.91. The van der Waals surface area contributed by atoms with E-state index >= 15 is 0 Å². The van der Waals surface area contributed by atoms with Crippen LogP contribution in [0.4, 0.5) is 0 Å². The summed E-state index contributed by atoms with van der Waals surface area (Å²) >= 11 is 6.49. The van der Waals surface area contributed by atoms with Gasteiger partial charge in [0, 0.05) is 5.02 Å². The van der Waals surface area contributed by atoms with Crippen LogP contribution in [0.5, 0.6) is 0 Å². The number of fused-ring (bicyclic) bond motifs is 6. The first-order valence-electron chi connectivity index (χ1n) is 12.6. The molecule has 1 aliphatic rings. The van der Waals surface area contributed by atoms with E-state index in [-0.39, 0.29) is 0 Å². The Morgan fingerprint density at radius 2 is 0.973 bits per heavy atom. The molecule has 0 amide bonds. The summed E-state index contributed by atoms with van der Waals surface area (Å²) in [7, 11) is 0. The van der Waals surface area contributed by atoms with Gasteiger partial charge in [-0.25, -0.2) is 0 Å². The molecule has 8 rings (SSSR count). The van der Waals surface area contributed by atoms with Gasteiger partial charge in [0.2, 0.25) is 0 Å². The predicted molar refractivity (Wildman–Crippen MR) is 159 cm³/mol. The van der Waals surface area contributed by atoms with Gasteiger partial charge in [-0.05, 0) is 95.0 Å². The summed E-state index contributed by atoms with van der Waals surface area (Å²) in [5.41, 5.74) is 10.1. The number of halogens is 1. The van der Waals surface area contributed by atoms with Gasteiger partial charge in [-0.1, -0.05) is 121 Å². The summed E-state index contributed by atoms with van der Waals surface area (Å²) in [6, 6.07) is 46.0. The molecule has 0 unspecified atom stereocenters. The maximum Gasteiger partial charge on any atom is 0.0412 e. The highest BCUT2D eigenvalue weighted by molar-refractivity contribution is 6.34. The molecular weight excluding hydrogens is 468 g/mol. The lowest BCUT2D eigenvalue weighted by molar-refractivity contribution is 1.66. The molecule has 0 N–H and O–H groups in total. The minimum atomic E-state index is 0.772. The van der Waals surface area contributed by atoms with E-state index in [1.807, 2.05) is 6.07 Å². The minimum Gasteiger partial charge on any atom is -0.0843 e. The fourth-order valence-corrected chi connectivity index (χ4v) is 6.55. The van der Waals surface area contributed by atoms with Gasteiger partial charge in [0.25, 0.3) is 0 Å². The molecule has 0 heterocycles. The van der Waals surface area contributed by atoms with Crippen LogP contribution in [0.15, 0.2) is 127 Å². The van der Waals surface area contributed by atoms with E-state index in [2.05, 4.69) is 121 Å². The van der Waals surface area contributed by atoms with E-state index in [4.69, 9.17) is 11.6 Å². The molecule has 0 bridgehead atoms. The number of hydrogen-bond donors (Lipinski definition) is 0. The third-order valence-electron chi connectivity index (χ3n) is 7.83. The van der Waals surface area contributed by atoms with Gasteiger partial charge in [0.15, 0.2) is 0 Å². The van der Waals surface area contributed by atoms with Crippen LogP contribution in [-0.2, 0) is 0 Å². The van der Waals surface area contributed by atoms with Crippen LogP contribution in [0, 0.1) is 0 Å².